The predicted octanol–water partition coefficient (Wildman–Crippen LogP) is 5.74. The van der Waals surface area contributed by atoms with Crippen molar-refractivity contribution in [3.63, 3.8) is 0 Å². The number of nitriles is 1. The largest absolute Gasteiger partial charge is 0.480 e. The summed E-state index contributed by atoms with van der Waals surface area (Å²) in [5.41, 5.74) is 0.334. The van der Waals surface area contributed by atoms with E-state index in [1.54, 1.807) is 67.2 Å². The molecule has 9 heterocycles. The number of carbonyl (C=O) groups is 11. The quantitative estimate of drug-likeness (QED) is 0.112. The maximum atomic E-state index is 12.2. The van der Waals surface area contributed by atoms with Crippen molar-refractivity contribution in [1.29, 1.82) is 5.26 Å². The molecule has 6 amide bonds. The number of ether oxygens (including phenoxy) is 8. The Bertz CT molecular complexity index is 2740. The van der Waals surface area contributed by atoms with Gasteiger partial charge in [0.05, 0.1) is 46.5 Å². The van der Waals surface area contributed by atoms with Crippen molar-refractivity contribution in [1.82, 2.24) is 46.2 Å². The monoisotopic (exact) mass is 1430 g/mol. The van der Waals surface area contributed by atoms with Gasteiger partial charge in [-0.3, -0.25) is 38.8 Å². The summed E-state index contributed by atoms with van der Waals surface area (Å²) < 4.78 is 40.0. The van der Waals surface area contributed by atoms with Crippen molar-refractivity contribution in [2.24, 2.45) is 5.73 Å². The van der Waals surface area contributed by atoms with Crippen LogP contribution in [0.5, 0.6) is 0 Å². The molecule has 9 fully saturated rings. The number of carbonyl (C=O) groups excluding carboxylic acids is 10. The smallest absolute Gasteiger partial charge is 0.411 e. The average Bonchev–Trinajstić information content (AvgIpc) is 1.66. The fourth-order valence-corrected chi connectivity index (χ4v) is 12.8. The Morgan fingerprint density at radius 1 is 0.515 bits per heavy atom. The number of nitrogens with one attached hydrogen (secondary N) is 5. The number of halogens is 1. The molecule has 32 heteroatoms. The maximum Gasteiger partial charge on any atom is 0.411 e. The van der Waals surface area contributed by atoms with Crippen LogP contribution >= 0.6 is 12.4 Å². The van der Waals surface area contributed by atoms with Gasteiger partial charge in [0, 0.05) is 39.3 Å². The lowest BCUT2D eigenvalue weighted by atomic mass is 9.92. The van der Waals surface area contributed by atoms with E-state index in [0.29, 0.717) is 77.8 Å². The van der Waals surface area contributed by atoms with Crippen LogP contribution in [0.25, 0.3) is 0 Å². The van der Waals surface area contributed by atoms with E-state index in [0.717, 1.165) is 96.8 Å². The van der Waals surface area contributed by atoms with E-state index in [1.165, 1.54) is 43.1 Å². The van der Waals surface area contributed by atoms with Gasteiger partial charge in [-0.2, -0.15) is 5.26 Å². The predicted molar refractivity (Wildman–Crippen MR) is 365 cm³/mol. The lowest BCUT2D eigenvalue weighted by molar-refractivity contribution is -0.153. The highest BCUT2D eigenvalue weighted by atomic mass is 35.5. The highest BCUT2D eigenvalue weighted by Gasteiger charge is 2.55. The van der Waals surface area contributed by atoms with Crippen molar-refractivity contribution < 1.29 is 95.7 Å². The van der Waals surface area contributed by atoms with Gasteiger partial charge in [-0.15, -0.1) is 12.4 Å². The molecule has 0 bridgehead atoms. The van der Waals surface area contributed by atoms with Gasteiger partial charge in [-0.05, 0) is 218 Å². The van der Waals surface area contributed by atoms with Crippen LogP contribution in [0.4, 0.5) is 19.2 Å². The van der Waals surface area contributed by atoms with E-state index >= 15 is 0 Å². The number of nitrogens with zero attached hydrogens (tertiary/aromatic N) is 5. The molecule has 7 atom stereocenters. The number of aliphatic carboxylic acids is 1. The summed E-state index contributed by atoms with van der Waals surface area (Å²) >= 11 is 0. The summed E-state index contributed by atoms with van der Waals surface area (Å²) in [5, 5.41) is 32.1. The second-order valence-corrected chi connectivity index (χ2v) is 29.3. The molecule has 9 aliphatic rings. The van der Waals surface area contributed by atoms with Gasteiger partial charge in [-0.1, -0.05) is 0 Å². The lowest BCUT2D eigenvalue weighted by Gasteiger charge is -2.36. The van der Waals surface area contributed by atoms with Gasteiger partial charge in [0.1, 0.15) is 51.6 Å². The summed E-state index contributed by atoms with van der Waals surface area (Å²) in [4.78, 5) is 134. The number of carboxylic acids is 1. The van der Waals surface area contributed by atoms with Crippen LogP contribution in [0, 0.1) is 11.3 Å². The van der Waals surface area contributed by atoms with E-state index in [2.05, 4.69) is 36.1 Å². The van der Waals surface area contributed by atoms with Gasteiger partial charge in [0.2, 0.25) is 11.8 Å². The molecule has 31 nitrogen and oxygen atoms in total. The molecule has 9 aliphatic heterocycles. The van der Waals surface area contributed by atoms with E-state index in [9.17, 15) is 52.7 Å². The fraction of sp³-hybridized carbons (Fsp3) is 0.821. The third-order valence-electron chi connectivity index (χ3n) is 17.4. The maximum absolute atomic E-state index is 12.2. The van der Waals surface area contributed by atoms with E-state index < -0.39 is 81.3 Å². The molecule has 9 saturated heterocycles. The van der Waals surface area contributed by atoms with Crippen molar-refractivity contribution in [3.05, 3.63) is 0 Å². The first-order valence-electron chi connectivity index (χ1n) is 34.1. The first-order valence-corrected chi connectivity index (χ1v) is 34.1. The number of hydrogen-bond acceptors (Lipinski definition) is 24. The Hall–Kier alpha value is -7.01. The molecule has 9 rings (SSSR count). The zero-order valence-corrected chi connectivity index (χ0v) is 62.3. The van der Waals surface area contributed by atoms with Gasteiger partial charge in [-0.25, -0.2) is 33.6 Å². The molecule has 4 unspecified atom stereocenters. The van der Waals surface area contributed by atoms with Crippen molar-refractivity contribution in [3.8, 4) is 6.07 Å². The molecule has 8 N–H and O–H groups in total. The average molecular weight is 1430 g/mol. The van der Waals surface area contributed by atoms with Crippen molar-refractivity contribution in [2.45, 2.75) is 261 Å². The molecule has 0 aromatic carbocycles. The molecular weight excluding hydrogens is 1310 g/mol. The Labute approximate surface area is 590 Å². The molecular formula is C67H116ClN11O20. The summed E-state index contributed by atoms with van der Waals surface area (Å²) in [7, 11) is 5.33. The zero-order chi connectivity index (χ0) is 74.1. The van der Waals surface area contributed by atoms with Crippen LogP contribution in [0.3, 0.4) is 0 Å². The minimum atomic E-state index is -1.20. The molecule has 0 radical (unpaired) electrons. The third kappa shape index (κ3) is 25.8. The minimum Gasteiger partial charge on any atom is -0.480 e. The Morgan fingerprint density at radius 3 is 1.37 bits per heavy atom. The zero-order valence-electron chi connectivity index (χ0n) is 61.5. The van der Waals surface area contributed by atoms with Crippen molar-refractivity contribution >= 4 is 78.4 Å². The minimum absolute atomic E-state index is 0. The van der Waals surface area contributed by atoms with E-state index in [1.807, 2.05) is 26.8 Å². The SMILES string of the molecule is CC(C)(C)OC(=O)N1CCCC12CCNC2=O.COC(=O)C1(CC#N)CCCN1C(=O)OC(C)(C)C.COC(=O)C1(CCN)CCCN1C(=O)OC(C)(C)C.COC(=O)[C@@H]1CCCN1.COC(=O)[C@@H]1CCCN1C(=O)OC(C)(C)C.Cl.O=C(O)[C@@H]1CCCN1.O=C1NCCC12CCCN2. The fourth-order valence-electron chi connectivity index (χ4n) is 12.8. The van der Waals surface area contributed by atoms with Crippen molar-refractivity contribution in [2.75, 3.05) is 93.9 Å². The third-order valence-corrected chi connectivity index (χ3v) is 17.4. The van der Waals surface area contributed by atoms with Gasteiger partial charge in [0.25, 0.3) is 0 Å². The Kier molecular flexibility index (Phi) is 34.9. The summed E-state index contributed by atoms with van der Waals surface area (Å²) in [6.07, 6.45) is 11.5. The van der Waals surface area contributed by atoms with Gasteiger partial charge >= 0.3 is 54.2 Å². The molecule has 0 aliphatic carbocycles. The van der Waals surface area contributed by atoms with Crippen LogP contribution < -0.4 is 32.3 Å². The van der Waals surface area contributed by atoms with Crippen LogP contribution in [-0.4, -0.2) is 247 Å². The van der Waals surface area contributed by atoms with E-state index in [-0.39, 0.29) is 66.3 Å². The van der Waals surface area contributed by atoms with E-state index in [4.69, 9.17) is 44.5 Å². The molecule has 99 heavy (non-hydrogen) atoms. The Morgan fingerprint density at radius 2 is 0.970 bits per heavy atom. The Balaban J connectivity index is 0.000000400. The number of carboxylic acid groups (broad SMARTS) is 1. The van der Waals surface area contributed by atoms with Crippen LogP contribution in [0.2, 0.25) is 0 Å². The summed E-state index contributed by atoms with van der Waals surface area (Å²) in [6.45, 7) is 28.2. The van der Waals surface area contributed by atoms with Crippen LogP contribution in [-0.2, 0) is 71.5 Å². The van der Waals surface area contributed by atoms with Crippen LogP contribution in [0.1, 0.15) is 199 Å². The molecule has 566 valence electrons. The number of esters is 4. The second-order valence-electron chi connectivity index (χ2n) is 29.3. The standard InChI is InChI=1S/C13H24N2O4.C13H20N2O4.C12H20N2O3.C11H19NO4.C7H12N2O.C6H11NO2.C5H9NO2.ClH/c2*1-12(2,3)19-11(17)15-9-5-6-13(15,7-8-14)10(16)18-4;1-11(2,3)17-10(16)14-8-4-5-12(14)6-7-13-9(12)15;1-11(2,3)16-10(14)12-7-5-6-8(12)9(13)15-4;10-6-7(3-5-8-6)2-1-4-9-7;1-9-6(8)5-3-2-4-7-5;7-5(8)4-2-1-3-6-4;/h5-9,14H2,1-4H3;5-7,9H2,1-4H3;4-8H2,1-3H3,(H,13,15);8H,5-7H2,1-4H3;9H,1-5H2,(H,8,10);5,7H,2-4H2,1H3;4,6H,1-3H2,(H,7,8);1H/t;;;8-;;5-;4-;/m...0.00./s1. The number of nitrogens with two attached hydrogens (primary N) is 1. The number of rotatable bonds is 8. The number of hydrogen-bond donors (Lipinski definition) is 7. The first kappa shape index (κ1) is 88.1. The lowest BCUT2D eigenvalue weighted by Crippen LogP contribution is -2.55. The second kappa shape index (κ2) is 39.3. The normalized spacial score (nSPS) is 25.7. The number of amides is 6. The topological polar surface area (TPSA) is 405 Å². The highest BCUT2D eigenvalue weighted by molar-refractivity contribution is 5.93. The number of likely N-dealkylation sites (tertiary alicyclic amines) is 4. The first-order chi connectivity index (χ1) is 45.7. The number of methoxy groups -OCH3 is 4. The molecule has 0 aromatic heterocycles. The highest BCUT2D eigenvalue weighted by Crippen LogP contribution is 2.38. The van der Waals surface area contributed by atoms with Crippen LogP contribution in [0.15, 0.2) is 0 Å². The molecule has 0 saturated carbocycles. The molecule has 0 aromatic rings. The van der Waals surface area contributed by atoms with Gasteiger partial charge < -0.3 is 75.3 Å². The molecule has 2 spiro atoms. The summed E-state index contributed by atoms with van der Waals surface area (Å²) in [6, 6.07) is 1.18. The summed E-state index contributed by atoms with van der Waals surface area (Å²) in [5.74, 6) is -2.01. The van der Waals surface area contributed by atoms with Gasteiger partial charge in [0.15, 0.2) is 5.54 Å².